The van der Waals surface area contributed by atoms with Crippen molar-refractivity contribution in [3.63, 3.8) is 0 Å². The zero-order chi connectivity index (χ0) is 34.4. The third kappa shape index (κ3) is 8.91. The molecule has 2 aromatic rings. The Morgan fingerprint density at radius 1 is 1.09 bits per heavy atom. The SMILES string of the molecule is CCOC(=O)C(CC(C)C)NP(=O)(NC(CC(C)C)C(=O)OCC)OC[C@H]1OC(n2cnc3c(OC)nc(N)nc32)C(C)(O)C1O. The first-order valence-electron chi connectivity index (χ1n) is 15.3. The second kappa shape index (κ2) is 15.8. The van der Waals surface area contributed by atoms with Gasteiger partial charge in [-0.15, -0.1) is 0 Å². The number of nitrogens with two attached hydrogens (primary N) is 1. The first-order valence-corrected chi connectivity index (χ1v) is 16.9. The van der Waals surface area contributed by atoms with Gasteiger partial charge in [-0.1, -0.05) is 27.7 Å². The van der Waals surface area contributed by atoms with Gasteiger partial charge in [-0.25, -0.2) is 15.2 Å². The highest BCUT2D eigenvalue weighted by atomic mass is 31.2. The molecule has 2 aromatic heterocycles. The van der Waals surface area contributed by atoms with Crippen molar-refractivity contribution in [3.8, 4) is 5.88 Å². The smallest absolute Gasteiger partial charge is 0.342 e. The molecule has 18 heteroatoms. The summed E-state index contributed by atoms with van der Waals surface area (Å²) in [5.74, 6) is -1.33. The molecule has 1 saturated heterocycles. The number of rotatable bonds is 17. The summed E-state index contributed by atoms with van der Waals surface area (Å²) in [6.07, 6.45) is -2.24. The molecule has 6 N–H and O–H groups in total. The molecule has 0 radical (unpaired) electrons. The maximum absolute atomic E-state index is 14.5. The lowest BCUT2D eigenvalue weighted by molar-refractivity contribution is -0.146. The van der Waals surface area contributed by atoms with Crippen molar-refractivity contribution in [1.29, 1.82) is 0 Å². The summed E-state index contributed by atoms with van der Waals surface area (Å²) in [5.41, 5.74) is 4.34. The number of carbonyl (C=O) groups excluding carboxylic acids is 2. The number of nitrogens with zero attached hydrogens (tertiary/aromatic N) is 4. The molecule has 3 rings (SSSR count). The number of aromatic nitrogens is 4. The van der Waals surface area contributed by atoms with E-state index in [1.54, 1.807) is 13.8 Å². The number of nitrogens with one attached hydrogen (secondary N) is 2. The van der Waals surface area contributed by atoms with Crippen molar-refractivity contribution < 1.29 is 47.8 Å². The van der Waals surface area contributed by atoms with E-state index in [2.05, 4.69) is 25.1 Å². The van der Waals surface area contributed by atoms with Gasteiger partial charge in [-0.05, 0) is 45.4 Å². The Labute approximate surface area is 268 Å². The largest absolute Gasteiger partial charge is 0.479 e. The number of carbonyl (C=O) groups is 2. The first kappa shape index (κ1) is 37.5. The van der Waals surface area contributed by atoms with Crippen LogP contribution in [0.3, 0.4) is 0 Å². The lowest BCUT2D eigenvalue weighted by Crippen LogP contribution is -2.47. The molecule has 0 aliphatic carbocycles. The number of hydrogen-bond donors (Lipinski definition) is 5. The van der Waals surface area contributed by atoms with E-state index in [9.17, 15) is 24.4 Å². The minimum absolute atomic E-state index is 0.0100. The number of anilines is 1. The van der Waals surface area contributed by atoms with Crippen LogP contribution < -0.4 is 20.6 Å². The quantitative estimate of drug-likeness (QED) is 0.119. The van der Waals surface area contributed by atoms with Gasteiger partial charge in [0.15, 0.2) is 17.4 Å². The maximum Gasteiger partial charge on any atom is 0.342 e. The van der Waals surface area contributed by atoms with E-state index in [-0.39, 0.29) is 60.9 Å². The molecule has 1 aliphatic heterocycles. The molecule has 0 spiro atoms. The van der Waals surface area contributed by atoms with Crippen molar-refractivity contribution in [3.05, 3.63) is 6.33 Å². The molecular formula is C28H48N7O10P. The minimum Gasteiger partial charge on any atom is -0.479 e. The Morgan fingerprint density at radius 2 is 1.63 bits per heavy atom. The fraction of sp³-hybridized carbons (Fsp3) is 0.750. The zero-order valence-electron chi connectivity index (χ0n) is 27.6. The highest BCUT2D eigenvalue weighted by molar-refractivity contribution is 7.54. The van der Waals surface area contributed by atoms with Crippen molar-refractivity contribution in [2.45, 2.75) is 97.4 Å². The van der Waals surface area contributed by atoms with Gasteiger partial charge < -0.3 is 39.4 Å². The van der Waals surface area contributed by atoms with Crippen LogP contribution in [0.5, 0.6) is 5.88 Å². The topological polar surface area (TPSA) is 232 Å². The van der Waals surface area contributed by atoms with Crippen molar-refractivity contribution in [1.82, 2.24) is 29.7 Å². The molecule has 0 aromatic carbocycles. The molecule has 0 saturated carbocycles. The van der Waals surface area contributed by atoms with Crippen LogP contribution in [-0.4, -0.2) is 98.5 Å². The van der Waals surface area contributed by atoms with E-state index in [4.69, 9.17) is 29.2 Å². The standard InChI is InChI=1S/C28H48N7O10P/c1-9-42-24(37)17(11-15(3)4)33-46(40,34-18(12-16(5)6)25(38)43-10-2)44-13-19-21(36)28(7,39)26(45-19)35-14-30-20-22(35)31-27(29)32-23(20)41-8/h14-19,21,26,36,39H,9-13H2,1-8H3,(H2,29,31,32)(H2,33,34,40)/t17?,18?,19-,21?,26?,28?,46?/m1/s1. The van der Waals surface area contributed by atoms with Crippen LogP contribution >= 0.6 is 7.67 Å². The number of fused-ring (bicyclic) bond motifs is 1. The second-order valence-corrected chi connectivity index (χ2v) is 14.0. The Bertz CT molecular complexity index is 1350. The van der Waals surface area contributed by atoms with E-state index < -0.39 is 62.3 Å². The molecule has 6 atom stereocenters. The van der Waals surface area contributed by atoms with Crippen molar-refractivity contribution in [2.24, 2.45) is 11.8 Å². The summed E-state index contributed by atoms with van der Waals surface area (Å²) in [6.45, 7) is 11.8. The van der Waals surface area contributed by atoms with Gasteiger partial charge in [0.25, 0.3) is 0 Å². The highest BCUT2D eigenvalue weighted by Gasteiger charge is 2.54. The van der Waals surface area contributed by atoms with Crippen LogP contribution in [0.1, 0.15) is 67.5 Å². The Hall–Kier alpha value is -2.92. The number of nitrogen functional groups attached to an aromatic ring is 1. The van der Waals surface area contributed by atoms with E-state index >= 15 is 0 Å². The van der Waals surface area contributed by atoms with Gasteiger partial charge in [0.2, 0.25) is 11.8 Å². The molecular weight excluding hydrogens is 625 g/mol. The van der Waals surface area contributed by atoms with Crippen molar-refractivity contribution in [2.75, 3.05) is 32.7 Å². The van der Waals surface area contributed by atoms with Gasteiger partial charge in [0, 0.05) is 0 Å². The van der Waals surface area contributed by atoms with Gasteiger partial charge in [-0.2, -0.15) is 9.97 Å². The van der Waals surface area contributed by atoms with Gasteiger partial charge >= 0.3 is 19.6 Å². The summed E-state index contributed by atoms with van der Waals surface area (Å²) in [4.78, 5) is 38.2. The normalized spacial score (nSPS) is 24.2. The third-order valence-electron chi connectivity index (χ3n) is 7.24. The first-order chi connectivity index (χ1) is 21.6. The van der Waals surface area contributed by atoms with Crippen LogP contribution in [0, 0.1) is 11.8 Å². The molecule has 1 fully saturated rings. The average molecular weight is 674 g/mol. The lowest BCUT2D eigenvalue weighted by Gasteiger charge is -2.30. The molecule has 3 heterocycles. The predicted molar refractivity (Wildman–Crippen MR) is 166 cm³/mol. The number of aliphatic hydroxyl groups excluding tert-OH is 1. The minimum atomic E-state index is -4.30. The summed E-state index contributed by atoms with van der Waals surface area (Å²) < 4.78 is 43.5. The Balaban J connectivity index is 1.94. The molecule has 5 unspecified atom stereocenters. The van der Waals surface area contributed by atoms with E-state index in [1.165, 1.54) is 24.9 Å². The molecule has 0 amide bonds. The summed E-state index contributed by atoms with van der Waals surface area (Å²) in [7, 11) is -2.91. The number of imidazole rings is 1. The summed E-state index contributed by atoms with van der Waals surface area (Å²) >= 11 is 0. The Morgan fingerprint density at radius 3 is 2.11 bits per heavy atom. The highest BCUT2D eigenvalue weighted by Crippen LogP contribution is 2.45. The molecule has 260 valence electrons. The number of aliphatic hydroxyl groups is 2. The van der Waals surface area contributed by atoms with Crippen LogP contribution in [0.4, 0.5) is 5.95 Å². The van der Waals surface area contributed by atoms with Crippen molar-refractivity contribution >= 4 is 36.7 Å². The fourth-order valence-electron chi connectivity index (χ4n) is 5.13. The average Bonchev–Trinajstić information content (AvgIpc) is 3.47. The van der Waals surface area contributed by atoms with Gasteiger partial charge in [-0.3, -0.25) is 18.7 Å². The van der Waals surface area contributed by atoms with Gasteiger partial charge in [0.05, 0.1) is 33.3 Å². The number of methoxy groups -OCH3 is 1. The molecule has 17 nitrogen and oxygen atoms in total. The van der Waals surface area contributed by atoms with Gasteiger partial charge in [0.1, 0.15) is 29.9 Å². The molecule has 46 heavy (non-hydrogen) atoms. The predicted octanol–water partition coefficient (Wildman–Crippen LogP) is 1.69. The van der Waals surface area contributed by atoms with Crippen LogP contribution in [0.25, 0.3) is 11.2 Å². The van der Waals surface area contributed by atoms with Crippen LogP contribution in [-0.2, 0) is 32.9 Å². The Kier molecular flexibility index (Phi) is 12.9. The van der Waals surface area contributed by atoms with E-state index in [1.807, 2.05) is 27.7 Å². The fourth-order valence-corrected chi connectivity index (χ4v) is 6.95. The van der Waals surface area contributed by atoms with Crippen LogP contribution in [0.2, 0.25) is 0 Å². The monoisotopic (exact) mass is 673 g/mol. The van der Waals surface area contributed by atoms with E-state index in [0.717, 1.165) is 0 Å². The molecule has 0 bridgehead atoms. The number of esters is 2. The summed E-state index contributed by atoms with van der Waals surface area (Å²) in [6, 6.07) is -2.13. The molecule has 1 aliphatic rings. The zero-order valence-corrected chi connectivity index (χ0v) is 28.5. The van der Waals surface area contributed by atoms with Crippen LogP contribution in [0.15, 0.2) is 6.33 Å². The summed E-state index contributed by atoms with van der Waals surface area (Å²) in [5, 5.41) is 28.1. The lowest BCUT2D eigenvalue weighted by atomic mass is 9.96. The maximum atomic E-state index is 14.5. The number of hydrogen-bond acceptors (Lipinski definition) is 14. The second-order valence-electron chi connectivity index (χ2n) is 12.1. The van der Waals surface area contributed by atoms with E-state index in [0.29, 0.717) is 0 Å². The number of ether oxygens (including phenoxy) is 4. The third-order valence-corrected chi connectivity index (χ3v) is 9.05.